The first-order valence-corrected chi connectivity index (χ1v) is 9.61. The Kier molecular flexibility index (Phi) is 4.14. The van der Waals surface area contributed by atoms with Crippen molar-refractivity contribution in [3.8, 4) is 0 Å². The lowest BCUT2D eigenvalue weighted by Crippen LogP contribution is -2.14. The largest absolute Gasteiger partial charge is 0.326 e. The van der Waals surface area contributed by atoms with Crippen molar-refractivity contribution in [1.29, 1.82) is 0 Å². The van der Waals surface area contributed by atoms with Crippen LogP contribution in [0.4, 0.5) is 5.69 Å². The van der Waals surface area contributed by atoms with Gasteiger partial charge >= 0.3 is 0 Å². The van der Waals surface area contributed by atoms with Crippen LogP contribution in [-0.2, 0) is 21.1 Å². The molecule has 0 aliphatic heterocycles. The molecular formula is C16H14N2O3S2. The zero-order chi connectivity index (χ0) is 16.4. The molecule has 118 valence electrons. The Morgan fingerprint density at radius 3 is 2.61 bits per heavy atom. The maximum atomic E-state index is 12.1. The van der Waals surface area contributed by atoms with Gasteiger partial charge in [0.25, 0.3) is 0 Å². The summed E-state index contributed by atoms with van der Waals surface area (Å²) < 4.78 is 23.8. The number of sulfone groups is 1. The van der Waals surface area contributed by atoms with E-state index < -0.39 is 9.84 Å². The van der Waals surface area contributed by atoms with Crippen LogP contribution >= 0.6 is 11.3 Å². The summed E-state index contributed by atoms with van der Waals surface area (Å²) in [5.41, 5.74) is 4.15. The van der Waals surface area contributed by atoms with Gasteiger partial charge in [-0.2, -0.15) is 0 Å². The third-order valence-electron chi connectivity index (χ3n) is 3.33. The van der Waals surface area contributed by atoms with Gasteiger partial charge in [-0.1, -0.05) is 12.1 Å². The molecule has 0 saturated heterocycles. The lowest BCUT2D eigenvalue weighted by molar-refractivity contribution is -0.115. The summed E-state index contributed by atoms with van der Waals surface area (Å²) in [6.45, 7) is 0. The molecule has 3 rings (SSSR count). The van der Waals surface area contributed by atoms with Gasteiger partial charge in [-0.3, -0.25) is 4.79 Å². The van der Waals surface area contributed by atoms with E-state index in [9.17, 15) is 13.2 Å². The van der Waals surface area contributed by atoms with Crippen LogP contribution in [0.1, 0.15) is 5.56 Å². The van der Waals surface area contributed by atoms with Gasteiger partial charge in [0.15, 0.2) is 9.84 Å². The molecule has 0 bridgehead atoms. The van der Waals surface area contributed by atoms with Crippen molar-refractivity contribution in [2.24, 2.45) is 0 Å². The molecule has 0 aliphatic carbocycles. The van der Waals surface area contributed by atoms with E-state index in [0.29, 0.717) is 0 Å². The highest BCUT2D eigenvalue weighted by atomic mass is 32.2. The smallest absolute Gasteiger partial charge is 0.228 e. The van der Waals surface area contributed by atoms with Gasteiger partial charge in [0.1, 0.15) is 0 Å². The molecule has 1 heterocycles. The summed E-state index contributed by atoms with van der Waals surface area (Å²) >= 11 is 1.52. The minimum Gasteiger partial charge on any atom is -0.326 e. The van der Waals surface area contributed by atoms with E-state index in [1.54, 1.807) is 17.6 Å². The van der Waals surface area contributed by atoms with Crippen molar-refractivity contribution >= 4 is 43.0 Å². The number of thiazole rings is 1. The molecule has 0 atom stereocenters. The molecule has 0 saturated carbocycles. The first-order chi connectivity index (χ1) is 10.9. The third-order valence-corrected chi connectivity index (χ3v) is 5.25. The summed E-state index contributed by atoms with van der Waals surface area (Å²) in [7, 11) is -3.22. The van der Waals surface area contributed by atoms with E-state index in [1.165, 1.54) is 23.5 Å². The van der Waals surface area contributed by atoms with Crippen molar-refractivity contribution in [3.63, 3.8) is 0 Å². The zero-order valence-electron chi connectivity index (χ0n) is 12.3. The van der Waals surface area contributed by atoms with Crippen molar-refractivity contribution < 1.29 is 13.2 Å². The lowest BCUT2D eigenvalue weighted by atomic mass is 10.1. The predicted molar refractivity (Wildman–Crippen MR) is 91.5 cm³/mol. The number of hydrogen-bond acceptors (Lipinski definition) is 5. The van der Waals surface area contributed by atoms with Crippen LogP contribution < -0.4 is 5.32 Å². The molecule has 0 spiro atoms. The van der Waals surface area contributed by atoms with E-state index in [0.717, 1.165) is 27.7 Å². The summed E-state index contributed by atoms with van der Waals surface area (Å²) in [6, 6.07) is 11.9. The molecule has 0 fully saturated rings. The number of aromatic nitrogens is 1. The van der Waals surface area contributed by atoms with Crippen molar-refractivity contribution in [1.82, 2.24) is 4.98 Å². The fourth-order valence-electron chi connectivity index (χ4n) is 2.18. The highest BCUT2D eigenvalue weighted by molar-refractivity contribution is 7.90. The molecule has 0 aliphatic rings. The van der Waals surface area contributed by atoms with Crippen molar-refractivity contribution in [2.75, 3.05) is 11.6 Å². The van der Waals surface area contributed by atoms with Gasteiger partial charge < -0.3 is 5.32 Å². The number of rotatable bonds is 4. The average molecular weight is 346 g/mol. The van der Waals surface area contributed by atoms with Crippen LogP contribution in [0.2, 0.25) is 0 Å². The van der Waals surface area contributed by atoms with Gasteiger partial charge in [0.05, 0.1) is 27.0 Å². The standard InChI is InChI=1S/C16H14N2O3S2/c1-23(20,21)13-5-2-11(3-6-13)8-16(19)18-12-4-7-14-15(9-12)22-10-17-14/h2-7,9-10H,8H2,1H3,(H,18,19). The van der Waals surface area contributed by atoms with E-state index in [4.69, 9.17) is 0 Å². The van der Waals surface area contributed by atoms with E-state index in [-0.39, 0.29) is 17.2 Å². The highest BCUT2D eigenvalue weighted by Crippen LogP contribution is 2.22. The molecule has 1 amide bonds. The van der Waals surface area contributed by atoms with Crippen LogP contribution in [-0.4, -0.2) is 25.6 Å². The maximum absolute atomic E-state index is 12.1. The van der Waals surface area contributed by atoms with E-state index in [2.05, 4.69) is 10.3 Å². The normalized spacial score (nSPS) is 11.5. The molecule has 3 aromatic rings. The number of benzene rings is 2. The Bertz CT molecular complexity index is 960. The average Bonchev–Trinajstić information content (AvgIpc) is 2.94. The Morgan fingerprint density at radius 2 is 1.91 bits per heavy atom. The van der Waals surface area contributed by atoms with Crippen molar-refractivity contribution in [2.45, 2.75) is 11.3 Å². The second-order valence-electron chi connectivity index (χ2n) is 5.18. The predicted octanol–water partition coefficient (Wildman–Crippen LogP) is 2.88. The van der Waals surface area contributed by atoms with E-state index >= 15 is 0 Å². The van der Waals surface area contributed by atoms with Crippen LogP contribution in [0.25, 0.3) is 10.2 Å². The molecule has 5 nitrogen and oxygen atoms in total. The summed E-state index contributed by atoms with van der Waals surface area (Å²) in [4.78, 5) is 16.5. The van der Waals surface area contributed by atoms with Crippen molar-refractivity contribution in [3.05, 3.63) is 53.5 Å². The molecular weight excluding hydrogens is 332 g/mol. The second kappa shape index (κ2) is 6.10. The SMILES string of the molecule is CS(=O)(=O)c1ccc(CC(=O)Nc2ccc3ncsc3c2)cc1. The number of anilines is 1. The van der Waals surface area contributed by atoms with Gasteiger partial charge in [0, 0.05) is 11.9 Å². The number of nitrogens with one attached hydrogen (secondary N) is 1. The molecule has 7 heteroatoms. The quantitative estimate of drug-likeness (QED) is 0.788. The second-order valence-corrected chi connectivity index (χ2v) is 8.08. The van der Waals surface area contributed by atoms with Crippen LogP contribution in [0.15, 0.2) is 52.9 Å². The first-order valence-electron chi connectivity index (χ1n) is 6.84. The fourth-order valence-corrected chi connectivity index (χ4v) is 3.52. The Labute approximate surface area is 137 Å². The number of nitrogens with zero attached hydrogens (tertiary/aromatic N) is 1. The van der Waals surface area contributed by atoms with Gasteiger partial charge in [-0.25, -0.2) is 13.4 Å². The zero-order valence-corrected chi connectivity index (χ0v) is 13.9. The number of amides is 1. The van der Waals surface area contributed by atoms with E-state index in [1.807, 2.05) is 18.2 Å². The number of hydrogen-bond donors (Lipinski definition) is 1. The number of fused-ring (bicyclic) bond motifs is 1. The summed E-state index contributed by atoms with van der Waals surface area (Å²) in [5.74, 6) is -0.152. The minimum absolute atomic E-state index is 0.152. The molecule has 23 heavy (non-hydrogen) atoms. The van der Waals surface area contributed by atoms with Crippen LogP contribution in [0.5, 0.6) is 0 Å². The molecule has 1 aromatic heterocycles. The molecule has 2 aromatic carbocycles. The van der Waals surface area contributed by atoms with Gasteiger partial charge in [-0.15, -0.1) is 11.3 Å². The number of carbonyl (C=O) groups excluding carboxylic acids is 1. The minimum atomic E-state index is -3.22. The monoisotopic (exact) mass is 346 g/mol. The molecule has 1 N–H and O–H groups in total. The fraction of sp³-hybridized carbons (Fsp3) is 0.125. The van der Waals surface area contributed by atoms with Crippen LogP contribution in [0, 0.1) is 0 Å². The van der Waals surface area contributed by atoms with Gasteiger partial charge in [0.2, 0.25) is 5.91 Å². The topological polar surface area (TPSA) is 76.1 Å². The molecule has 0 radical (unpaired) electrons. The van der Waals surface area contributed by atoms with Gasteiger partial charge in [-0.05, 0) is 35.9 Å². The Balaban J connectivity index is 1.69. The summed E-state index contributed by atoms with van der Waals surface area (Å²) in [5, 5.41) is 2.84. The highest BCUT2D eigenvalue weighted by Gasteiger charge is 2.09. The Hall–Kier alpha value is -2.25. The first kappa shape index (κ1) is 15.6. The summed E-state index contributed by atoms with van der Waals surface area (Å²) in [6.07, 6.45) is 1.34. The Morgan fingerprint density at radius 1 is 1.17 bits per heavy atom. The third kappa shape index (κ3) is 3.75. The lowest BCUT2D eigenvalue weighted by Gasteiger charge is -2.06. The number of carbonyl (C=O) groups is 1. The molecule has 0 unspecified atom stereocenters. The maximum Gasteiger partial charge on any atom is 0.228 e. The van der Waals surface area contributed by atoms with Crippen LogP contribution in [0.3, 0.4) is 0 Å².